The highest BCUT2D eigenvalue weighted by molar-refractivity contribution is 5.99. The number of carbonyl (C=O) groups excluding carboxylic acids is 1. The number of rotatable bonds is 5. The van der Waals surface area contributed by atoms with Crippen molar-refractivity contribution in [3.05, 3.63) is 54.2 Å². The Morgan fingerprint density at radius 3 is 2.56 bits per heavy atom. The summed E-state index contributed by atoms with van der Waals surface area (Å²) in [6.07, 6.45) is 7.62. The topological polar surface area (TPSA) is 95.5 Å². The number of halogens is 2. The number of piperidine rings is 1. The van der Waals surface area contributed by atoms with Gasteiger partial charge in [-0.05, 0) is 63.1 Å². The van der Waals surface area contributed by atoms with Crippen molar-refractivity contribution in [1.29, 1.82) is 0 Å². The van der Waals surface area contributed by atoms with Gasteiger partial charge in [0, 0.05) is 36.8 Å². The maximum atomic E-state index is 16.6. The second-order valence-electron chi connectivity index (χ2n) is 12.5. The summed E-state index contributed by atoms with van der Waals surface area (Å²) in [5, 5.41) is 7.39. The van der Waals surface area contributed by atoms with Gasteiger partial charge in [-0.1, -0.05) is 30.3 Å². The molecular weight excluding hydrogens is 552 g/mol. The minimum atomic E-state index is -0.647. The van der Waals surface area contributed by atoms with E-state index in [1.54, 1.807) is 36.5 Å². The van der Waals surface area contributed by atoms with E-state index < -0.39 is 17.2 Å². The molecule has 4 aromatic rings. The van der Waals surface area contributed by atoms with Crippen molar-refractivity contribution in [3.8, 4) is 17.3 Å². The van der Waals surface area contributed by atoms with Crippen LogP contribution in [-0.2, 0) is 0 Å². The van der Waals surface area contributed by atoms with Crippen LogP contribution in [0.2, 0.25) is 0 Å². The third-order valence-corrected chi connectivity index (χ3v) is 9.88. The second kappa shape index (κ2) is 9.97. The molecule has 0 saturated carbocycles. The highest BCUT2D eigenvalue weighted by Crippen LogP contribution is 2.40. The van der Waals surface area contributed by atoms with Crippen LogP contribution in [0, 0.1) is 11.6 Å². The molecule has 9 nitrogen and oxygen atoms in total. The number of benzene rings is 2. The predicted molar refractivity (Wildman–Crippen MR) is 159 cm³/mol. The number of hydrogen-bond donors (Lipinski definition) is 2. The van der Waals surface area contributed by atoms with Gasteiger partial charge in [-0.15, -0.1) is 0 Å². The average Bonchev–Trinajstić information content (AvgIpc) is 3.70. The Morgan fingerprint density at radius 1 is 0.977 bits per heavy atom. The van der Waals surface area contributed by atoms with E-state index in [0.717, 1.165) is 51.6 Å². The molecule has 6 heterocycles. The van der Waals surface area contributed by atoms with E-state index in [4.69, 9.17) is 9.72 Å². The highest BCUT2D eigenvalue weighted by atomic mass is 19.1. The van der Waals surface area contributed by atoms with Crippen molar-refractivity contribution >= 4 is 33.5 Å². The average molecular weight is 586 g/mol. The summed E-state index contributed by atoms with van der Waals surface area (Å²) in [5.41, 5.74) is 0.000283. The minimum absolute atomic E-state index is 0.0255. The summed E-state index contributed by atoms with van der Waals surface area (Å²) in [6.45, 7) is 4.26. The van der Waals surface area contributed by atoms with Crippen molar-refractivity contribution in [1.82, 2.24) is 30.5 Å². The lowest BCUT2D eigenvalue weighted by molar-refractivity contribution is 0.108. The zero-order chi connectivity index (χ0) is 29.2. The smallest absolute Gasteiger partial charge is 0.319 e. The molecule has 2 aromatic heterocycles. The molecule has 43 heavy (non-hydrogen) atoms. The second-order valence-corrected chi connectivity index (χ2v) is 12.5. The van der Waals surface area contributed by atoms with Gasteiger partial charge in [-0.25, -0.2) is 13.6 Å². The summed E-state index contributed by atoms with van der Waals surface area (Å²) >= 11 is 0. The van der Waals surface area contributed by atoms with E-state index in [1.807, 2.05) is 0 Å². The van der Waals surface area contributed by atoms with E-state index in [0.29, 0.717) is 53.8 Å². The van der Waals surface area contributed by atoms with Gasteiger partial charge in [0.05, 0.1) is 16.5 Å². The van der Waals surface area contributed by atoms with Crippen molar-refractivity contribution in [2.24, 2.45) is 0 Å². The van der Waals surface area contributed by atoms with Crippen LogP contribution < -0.4 is 20.3 Å². The fourth-order valence-corrected chi connectivity index (χ4v) is 7.81. The van der Waals surface area contributed by atoms with Gasteiger partial charge >= 0.3 is 12.0 Å². The zero-order valence-corrected chi connectivity index (χ0v) is 23.8. The number of ether oxygens (including phenoxy) is 1. The van der Waals surface area contributed by atoms with Crippen molar-refractivity contribution < 1.29 is 18.3 Å². The Hall–Kier alpha value is -4.12. The van der Waals surface area contributed by atoms with Gasteiger partial charge in [-0.3, -0.25) is 9.88 Å². The molecule has 2 amide bonds. The van der Waals surface area contributed by atoms with E-state index in [2.05, 4.69) is 30.4 Å². The Bertz CT molecular complexity index is 1750. The molecule has 1 atom stereocenters. The van der Waals surface area contributed by atoms with Gasteiger partial charge < -0.3 is 20.3 Å². The third-order valence-electron chi connectivity index (χ3n) is 9.88. The van der Waals surface area contributed by atoms with Gasteiger partial charge in [0.1, 0.15) is 29.5 Å². The lowest BCUT2D eigenvalue weighted by Crippen LogP contribution is -2.56. The number of pyridine rings is 1. The summed E-state index contributed by atoms with van der Waals surface area (Å²) in [4.78, 5) is 30.7. The monoisotopic (exact) mass is 585 g/mol. The highest BCUT2D eigenvalue weighted by Gasteiger charge is 2.45. The van der Waals surface area contributed by atoms with E-state index in [9.17, 15) is 4.79 Å². The van der Waals surface area contributed by atoms with Crippen molar-refractivity contribution in [2.75, 3.05) is 44.2 Å². The number of anilines is 1. The molecule has 2 aromatic carbocycles. The first-order valence-corrected chi connectivity index (χ1v) is 15.2. The van der Waals surface area contributed by atoms with Crippen LogP contribution in [0.4, 0.5) is 19.4 Å². The number of amides is 2. The molecule has 4 aliphatic heterocycles. The Morgan fingerprint density at radius 2 is 1.77 bits per heavy atom. The number of urea groups is 1. The maximum Gasteiger partial charge on any atom is 0.319 e. The summed E-state index contributed by atoms with van der Waals surface area (Å²) < 4.78 is 38.0. The van der Waals surface area contributed by atoms with E-state index in [1.165, 1.54) is 6.07 Å². The summed E-state index contributed by atoms with van der Waals surface area (Å²) in [5.74, 6) is -0.565. The molecule has 4 aliphatic rings. The van der Waals surface area contributed by atoms with Crippen molar-refractivity contribution in [3.63, 3.8) is 0 Å². The zero-order valence-electron chi connectivity index (χ0n) is 23.8. The summed E-state index contributed by atoms with van der Waals surface area (Å²) in [7, 11) is 0. The van der Waals surface area contributed by atoms with Gasteiger partial charge in [0.2, 0.25) is 0 Å². The molecule has 11 heteroatoms. The van der Waals surface area contributed by atoms with Gasteiger partial charge in [-0.2, -0.15) is 9.97 Å². The number of hydrogen-bond acceptors (Lipinski definition) is 7. The predicted octanol–water partition coefficient (Wildman–Crippen LogP) is 4.78. The number of carbonyl (C=O) groups is 1. The lowest BCUT2D eigenvalue weighted by Gasteiger charge is -2.40. The van der Waals surface area contributed by atoms with Crippen LogP contribution in [0.25, 0.3) is 32.9 Å². The number of nitrogens with one attached hydrogen (secondary N) is 2. The van der Waals surface area contributed by atoms with Crippen LogP contribution in [0.5, 0.6) is 6.01 Å². The molecule has 0 radical (unpaired) electrons. The first-order chi connectivity index (χ1) is 20.9. The van der Waals surface area contributed by atoms with Crippen LogP contribution in [0.3, 0.4) is 0 Å². The molecule has 8 rings (SSSR count). The standard InChI is InChI=1S/C32H33F2N7O2/c33-23-9-2-7-20-6-1-8-21(24(20)23)26-25(34)27-22(16-35-26)28(40-13-3-10-31(18-40)17-36-29(42)39-31)38-30(37-27)43-19-32-11-4-14-41(32)15-5-12-32/h1-2,6-9,16H,3-5,10-15,17-19H2,(H2,36,39,42). The fraction of sp³-hybridized carbons (Fsp3) is 0.438. The van der Waals surface area contributed by atoms with E-state index >= 15 is 8.78 Å². The molecule has 4 saturated heterocycles. The maximum absolute atomic E-state index is 16.6. The molecule has 0 aliphatic carbocycles. The van der Waals surface area contributed by atoms with Gasteiger partial charge in [0.15, 0.2) is 5.82 Å². The largest absolute Gasteiger partial charge is 0.461 e. The molecule has 222 valence electrons. The van der Waals surface area contributed by atoms with Crippen LogP contribution >= 0.6 is 0 Å². The van der Waals surface area contributed by atoms with Gasteiger partial charge in [0.25, 0.3) is 0 Å². The van der Waals surface area contributed by atoms with Crippen LogP contribution in [0.1, 0.15) is 38.5 Å². The normalized spacial score (nSPS) is 23.2. The number of fused-ring (bicyclic) bond motifs is 3. The first-order valence-electron chi connectivity index (χ1n) is 15.2. The van der Waals surface area contributed by atoms with Crippen LogP contribution in [-0.4, -0.2) is 76.3 Å². The molecule has 2 N–H and O–H groups in total. The molecular formula is C32H33F2N7O2. The molecule has 1 unspecified atom stereocenters. The first kappa shape index (κ1) is 26.5. The Balaban J connectivity index is 1.25. The minimum Gasteiger partial charge on any atom is -0.461 e. The SMILES string of the molecule is O=C1NCC2(CCCN(c3nc(OCC45CCCN4CCC5)nc4c(F)c(-c5cccc6cccc(F)c56)ncc34)C2)N1. The Labute approximate surface area is 247 Å². The number of aromatic nitrogens is 3. The molecule has 4 fully saturated rings. The lowest BCUT2D eigenvalue weighted by atomic mass is 9.90. The Kier molecular flexibility index (Phi) is 6.15. The van der Waals surface area contributed by atoms with Crippen LogP contribution in [0.15, 0.2) is 42.6 Å². The number of nitrogens with zero attached hydrogens (tertiary/aromatic N) is 5. The quantitative estimate of drug-likeness (QED) is 0.348. The van der Waals surface area contributed by atoms with E-state index in [-0.39, 0.29) is 28.8 Å². The van der Waals surface area contributed by atoms with Crippen molar-refractivity contribution in [2.45, 2.75) is 49.6 Å². The third kappa shape index (κ3) is 4.35. The fourth-order valence-electron chi connectivity index (χ4n) is 7.81. The summed E-state index contributed by atoms with van der Waals surface area (Å²) in [6, 6.07) is 9.98. The molecule has 0 bridgehead atoms. The molecule has 1 spiro atoms.